The highest BCUT2D eigenvalue weighted by Crippen LogP contribution is 2.26. The molecule has 3 rings (SSSR count). The molecule has 0 aliphatic carbocycles. The van der Waals surface area contributed by atoms with Gasteiger partial charge in [-0.3, -0.25) is 4.90 Å². The van der Waals surface area contributed by atoms with Gasteiger partial charge in [0.25, 0.3) is 0 Å². The number of benzene rings is 1. The largest absolute Gasteiger partial charge is 0.496 e. The third-order valence-electron chi connectivity index (χ3n) is 5.72. The van der Waals surface area contributed by atoms with E-state index in [4.69, 9.17) is 10.5 Å². The Balaban J connectivity index is 1.72. The second-order valence-electron chi connectivity index (χ2n) is 8.24. The van der Waals surface area contributed by atoms with E-state index in [9.17, 15) is 5.11 Å². The zero-order valence-corrected chi connectivity index (χ0v) is 18.4. The average molecular weight is 413 g/mol. The molecule has 2 aromatic rings. The maximum Gasteiger partial charge on any atom is 0.125 e. The van der Waals surface area contributed by atoms with Gasteiger partial charge in [-0.1, -0.05) is 31.9 Å². The second kappa shape index (κ2) is 11.2. The first-order chi connectivity index (χ1) is 14.6. The molecule has 1 aliphatic rings. The Morgan fingerprint density at radius 3 is 2.73 bits per heavy atom. The topological polar surface area (TPSA) is 83.6 Å². The molecule has 0 amide bonds. The number of nitrogens with zero attached hydrogens (tertiary/aromatic N) is 2. The Morgan fingerprint density at radius 1 is 1.23 bits per heavy atom. The fraction of sp³-hybridized carbons (Fsp3) is 0.542. The van der Waals surface area contributed by atoms with Crippen LogP contribution in [0.5, 0.6) is 5.75 Å². The highest BCUT2D eigenvalue weighted by atomic mass is 16.5. The lowest BCUT2D eigenvalue weighted by atomic mass is 10.0. The molecule has 6 heteroatoms. The first kappa shape index (κ1) is 22.4. The van der Waals surface area contributed by atoms with Crippen molar-refractivity contribution < 1.29 is 9.84 Å². The summed E-state index contributed by atoms with van der Waals surface area (Å²) in [6.45, 7) is 5.59. The number of ether oxygens (including phenoxy) is 1. The fourth-order valence-electron chi connectivity index (χ4n) is 4.11. The second-order valence-corrected chi connectivity index (χ2v) is 8.24. The molecular weight excluding hydrogens is 376 g/mol. The summed E-state index contributed by atoms with van der Waals surface area (Å²) in [7, 11) is 1.72. The molecule has 0 spiro atoms. The normalized spacial score (nSPS) is 15.3. The highest BCUT2D eigenvalue weighted by Gasteiger charge is 2.14. The van der Waals surface area contributed by atoms with Gasteiger partial charge in [-0.25, -0.2) is 4.98 Å². The van der Waals surface area contributed by atoms with Gasteiger partial charge in [-0.05, 0) is 50.0 Å². The smallest absolute Gasteiger partial charge is 0.125 e. The third-order valence-corrected chi connectivity index (χ3v) is 5.72. The van der Waals surface area contributed by atoms with Gasteiger partial charge in [0.15, 0.2) is 0 Å². The molecule has 1 aromatic carbocycles. The highest BCUT2D eigenvalue weighted by molar-refractivity contribution is 5.53. The first-order valence-corrected chi connectivity index (χ1v) is 11.1. The Bertz CT molecular complexity index is 806. The summed E-state index contributed by atoms with van der Waals surface area (Å²) in [5, 5.41) is 13.1. The monoisotopic (exact) mass is 412 g/mol. The molecule has 1 aliphatic heterocycles. The quantitative estimate of drug-likeness (QED) is 0.520. The van der Waals surface area contributed by atoms with Crippen LogP contribution >= 0.6 is 0 Å². The lowest BCUT2D eigenvalue weighted by Gasteiger charge is -2.19. The standard InChI is InChI=1S/C24H36N4O2/c1-3-4-7-20(17-29)26-22-14-21(27-24(25)15-22)13-19-9-8-18(12-23(19)30-2)16-28-10-5-6-11-28/h8-9,12,14-15,20,29H,3-7,10-11,13,16-17H2,1-2H3,(H3,25,26,27)/t20-/m0/s1. The number of nitrogens with one attached hydrogen (secondary N) is 1. The molecule has 0 radical (unpaired) electrons. The summed E-state index contributed by atoms with van der Waals surface area (Å²) in [6.07, 6.45) is 6.34. The van der Waals surface area contributed by atoms with E-state index < -0.39 is 0 Å². The van der Waals surface area contributed by atoms with Crippen LogP contribution in [0.2, 0.25) is 0 Å². The Morgan fingerprint density at radius 2 is 2.03 bits per heavy atom. The summed E-state index contributed by atoms with van der Waals surface area (Å²) in [4.78, 5) is 7.00. The van der Waals surface area contributed by atoms with Crippen LogP contribution in [0.15, 0.2) is 30.3 Å². The maximum absolute atomic E-state index is 9.65. The van der Waals surface area contributed by atoms with Crippen molar-refractivity contribution in [3.8, 4) is 5.75 Å². The van der Waals surface area contributed by atoms with Gasteiger partial charge in [-0.15, -0.1) is 0 Å². The van der Waals surface area contributed by atoms with Crippen molar-refractivity contribution in [1.82, 2.24) is 9.88 Å². The SMILES string of the molecule is CCCC[C@@H](CO)Nc1cc(N)nc(Cc2ccc(CN3CCCC3)cc2OC)c1. The molecule has 30 heavy (non-hydrogen) atoms. The summed E-state index contributed by atoms with van der Waals surface area (Å²) in [5.74, 6) is 1.37. The molecule has 6 nitrogen and oxygen atoms in total. The van der Waals surface area contributed by atoms with Gasteiger partial charge in [0.2, 0.25) is 0 Å². The predicted octanol–water partition coefficient (Wildman–Crippen LogP) is 3.82. The lowest BCUT2D eigenvalue weighted by molar-refractivity contribution is 0.267. The molecule has 164 valence electrons. The van der Waals surface area contributed by atoms with Gasteiger partial charge in [0.1, 0.15) is 11.6 Å². The number of aliphatic hydroxyl groups is 1. The van der Waals surface area contributed by atoms with Crippen LogP contribution in [-0.2, 0) is 13.0 Å². The maximum atomic E-state index is 9.65. The Labute approximate surface area is 180 Å². The Hall–Kier alpha value is -2.31. The molecular formula is C24H36N4O2. The fourth-order valence-corrected chi connectivity index (χ4v) is 4.11. The number of hydrogen-bond donors (Lipinski definition) is 3. The number of nitrogens with two attached hydrogens (primary N) is 1. The summed E-state index contributed by atoms with van der Waals surface area (Å²) in [5.41, 5.74) is 10.2. The number of likely N-dealkylation sites (tertiary alicyclic amines) is 1. The van der Waals surface area contributed by atoms with Crippen LogP contribution in [0, 0.1) is 0 Å². The van der Waals surface area contributed by atoms with Gasteiger partial charge < -0.3 is 20.9 Å². The zero-order chi connectivity index (χ0) is 21.3. The minimum atomic E-state index is 0.0269. The minimum Gasteiger partial charge on any atom is -0.496 e. The van der Waals surface area contributed by atoms with E-state index in [0.29, 0.717) is 12.2 Å². The van der Waals surface area contributed by atoms with E-state index in [1.165, 1.54) is 31.5 Å². The van der Waals surface area contributed by atoms with E-state index in [0.717, 1.165) is 48.5 Å². The minimum absolute atomic E-state index is 0.0269. The Kier molecular flexibility index (Phi) is 8.34. The van der Waals surface area contributed by atoms with E-state index in [2.05, 4.69) is 40.3 Å². The molecule has 0 bridgehead atoms. The molecule has 0 saturated carbocycles. The van der Waals surface area contributed by atoms with Crippen LogP contribution in [0.1, 0.15) is 55.8 Å². The number of methoxy groups -OCH3 is 1. The molecule has 1 saturated heterocycles. The molecule has 0 unspecified atom stereocenters. The number of nitrogen functional groups attached to an aromatic ring is 1. The van der Waals surface area contributed by atoms with Crippen molar-refractivity contribution in [1.29, 1.82) is 0 Å². The number of hydrogen-bond acceptors (Lipinski definition) is 6. The molecule has 2 heterocycles. The summed E-state index contributed by atoms with van der Waals surface area (Å²) >= 11 is 0. The van der Waals surface area contributed by atoms with Crippen LogP contribution in [0.4, 0.5) is 11.5 Å². The number of pyridine rings is 1. The van der Waals surface area contributed by atoms with Crippen LogP contribution in [-0.4, -0.2) is 47.8 Å². The number of aliphatic hydroxyl groups excluding tert-OH is 1. The van der Waals surface area contributed by atoms with E-state index in [1.54, 1.807) is 7.11 Å². The molecule has 1 aromatic heterocycles. The van der Waals surface area contributed by atoms with Crippen LogP contribution in [0.25, 0.3) is 0 Å². The van der Waals surface area contributed by atoms with Crippen molar-refractivity contribution in [3.63, 3.8) is 0 Å². The van der Waals surface area contributed by atoms with Gasteiger partial charge in [-0.2, -0.15) is 0 Å². The van der Waals surface area contributed by atoms with Crippen molar-refractivity contribution in [2.45, 2.75) is 58.0 Å². The molecule has 1 atom stereocenters. The number of rotatable bonds is 11. The summed E-state index contributed by atoms with van der Waals surface area (Å²) < 4.78 is 5.68. The number of anilines is 2. The predicted molar refractivity (Wildman–Crippen MR) is 123 cm³/mol. The van der Waals surface area contributed by atoms with Crippen LogP contribution < -0.4 is 15.8 Å². The van der Waals surface area contributed by atoms with Crippen molar-refractivity contribution in [2.75, 3.05) is 37.9 Å². The lowest BCUT2D eigenvalue weighted by Crippen LogP contribution is -2.23. The molecule has 4 N–H and O–H groups in total. The third kappa shape index (κ3) is 6.34. The van der Waals surface area contributed by atoms with Gasteiger partial charge in [0, 0.05) is 42.0 Å². The molecule has 1 fully saturated rings. The van der Waals surface area contributed by atoms with Crippen molar-refractivity contribution >= 4 is 11.5 Å². The van der Waals surface area contributed by atoms with Crippen molar-refractivity contribution in [2.24, 2.45) is 0 Å². The van der Waals surface area contributed by atoms with E-state index in [1.807, 2.05) is 12.1 Å². The van der Waals surface area contributed by atoms with E-state index >= 15 is 0 Å². The summed E-state index contributed by atoms with van der Waals surface area (Å²) in [6, 6.07) is 10.3. The first-order valence-electron chi connectivity index (χ1n) is 11.1. The van der Waals surface area contributed by atoms with Gasteiger partial charge >= 0.3 is 0 Å². The zero-order valence-electron chi connectivity index (χ0n) is 18.4. The van der Waals surface area contributed by atoms with Crippen molar-refractivity contribution in [3.05, 3.63) is 47.2 Å². The number of unbranched alkanes of at least 4 members (excludes halogenated alkanes) is 1. The number of aromatic nitrogens is 1. The van der Waals surface area contributed by atoms with Crippen LogP contribution in [0.3, 0.4) is 0 Å². The average Bonchev–Trinajstić information content (AvgIpc) is 3.24. The van der Waals surface area contributed by atoms with Gasteiger partial charge in [0.05, 0.1) is 13.7 Å². The van der Waals surface area contributed by atoms with E-state index in [-0.39, 0.29) is 12.6 Å².